The van der Waals surface area contributed by atoms with Gasteiger partial charge < -0.3 is 4.57 Å². The van der Waals surface area contributed by atoms with Crippen LogP contribution in [0.5, 0.6) is 0 Å². The van der Waals surface area contributed by atoms with Crippen molar-refractivity contribution < 1.29 is 8.96 Å². The summed E-state index contributed by atoms with van der Waals surface area (Å²) in [5.41, 5.74) is 2.26. The molecule has 2 nitrogen and oxygen atoms in total. The van der Waals surface area contributed by atoms with Crippen LogP contribution in [-0.2, 0) is 4.57 Å². The average molecular weight is 319 g/mol. The summed E-state index contributed by atoms with van der Waals surface area (Å²) < 4.78 is 27.7. The Hall–Kier alpha value is -1.21. The molecular weight excluding hydrogens is 296 g/mol. The molecule has 1 aromatic carbocycles. The smallest absolute Gasteiger partial charge is 0.145 e. The van der Waals surface area contributed by atoms with Gasteiger partial charge in [-0.15, -0.1) is 0 Å². The molecule has 0 saturated carbocycles. The molecule has 1 aliphatic heterocycles. The molecule has 0 bridgehead atoms. The predicted octanol–water partition coefficient (Wildman–Crippen LogP) is 4.98. The second-order valence-electron chi connectivity index (χ2n) is 6.68. The van der Waals surface area contributed by atoms with Crippen molar-refractivity contribution in [2.24, 2.45) is 0 Å². The second kappa shape index (κ2) is 5.77. The van der Waals surface area contributed by atoms with Gasteiger partial charge in [-0.2, -0.15) is 0 Å². The van der Waals surface area contributed by atoms with Crippen LogP contribution in [0.15, 0.2) is 18.2 Å². The van der Waals surface area contributed by atoms with Gasteiger partial charge in [0.1, 0.15) is 13.0 Å². The Morgan fingerprint density at radius 3 is 2.50 bits per heavy atom. The minimum absolute atomic E-state index is 0.275. The summed E-state index contributed by atoms with van der Waals surface area (Å²) in [7, 11) is -2.44. The number of hydrogen-bond acceptors (Lipinski definition) is 2. The van der Waals surface area contributed by atoms with Crippen molar-refractivity contribution >= 4 is 23.3 Å². The number of rotatable bonds is 2. The lowest BCUT2D eigenvalue weighted by molar-refractivity contribution is 0.567. The summed E-state index contributed by atoms with van der Waals surface area (Å²) in [4.78, 5) is 4.37. The van der Waals surface area contributed by atoms with E-state index in [9.17, 15) is 8.96 Å². The standard InChI is InChI=1S/C18H23FNOP/c1-12(2)14-7-8-17-15(11-16(19)13(3)20-17)18(14)22(21)9-5-4-6-10-22/h7-8,11-12H,4-6,9-10H2,1-3H3. The SMILES string of the molecule is Cc1nc2ccc(C(C)C)c(P3(=O)CCCCC3)c2cc1F. The molecular formula is C18H23FNOP. The van der Waals surface area contributed by atoms with Gasteiger partial charge in [0.25, 0.3) is 0 Å². The molecule has 0 radical (unpaired) electrons. The molecule has 1 aromatic heterocycles. The van der Waals surface area contributed by atoms with Crippen molar-refractivity contribution in [3.63, 3.8) is 0 Å². The van der Waals surface area contributed by atoms with E-state index in [0.717, 1.165) is 53.4 Å². The van der Waals surface area contributed by atoms with E-state index in [4.69, 9.17) is 0 Å². The number of pyridine rings is 1. The maximum Gasteiger partial charge on any atom is 0.145 e. The Bertz CT molecular complexity index is 759. The van der Waals surface area contributed by atoms with Gasteiger partial charge in [0, 0.05) is 23.0 Å². The van der Waals surface area contributed by atoms with E-state index in [1.807, 2.05) is 12.1 Å². The van der Waals surface area contributed by atoms with Crippen LogP contribution in [-0.4, -0.2) is 17.3 Å². The van der Waals surface area contributed by atoms with E-state index in [0.29, 0.717) is 5.69 Å². The van der Waals surface area contributed by atoms with E-state index in [1.165, 1.54) is 0 Å². The van der Waals surface area contributed by atoms with Crippen LogP contribution in [0.25, 0.3) is 10.9 Å². The van der Waals surface area contributed by atoms with Crippen LogP contribution in [0.2, 0.25) is 0 Å². The van der Waals surface area contributed by atoms with E-state index in [1.54, 1.807) is 13.0 Å². The molecule has 118 valence electrons. The van der Waals surface area contributed by atoms with Gasteiger partial charge in [0.15, 0.2) is 0 Å². The summed E-state index contributed by atoms with van der Waals surface area (Å²) in [5.74, 6) is -0.0326. The third kappa shape index (κ3) is 2.60. The van der Waals surface area contributed by atoms with Crippen molar-refractivity contribution in [2.75, 3.05) is 12.3 Å². The fraction of sp³-hybridized carbons (Fsp3) is 0.500. The molecule has 4 heteroatoms. The highest BCUT2D eigenvalue weighted by Gasteiger charge is 2.32. The van der Waals surface area contributed by atoms with Crippen molar-refractivity contribution in [1.29, 1.82) is 0 Å². The van der Waals surface area contributed by atoms with Gasteiger partial charge in [-0.1, -0.05) is 26.3 Å². The average Bonchev–Trinajstić information content (AvgIpc) is 2.48. The zero-order valence-corrected chi connectivity index (χ0v) is 14.4. The minimum atomic E-state index is -2.44. The maximum atomic E-state index is 14.1. The van der Waals surface area contributed by atoms with Crippen molar-refractivity contribution in [1.82, 2.24) is 4.98 Å². The number of benzene rings is 1. The first kappa shape index (κ1) is 15.7. The van der Waals surface area contributed by atoms with Crippen LogP contribution in [0.4, 0.5) is 4.39 Å². The number of halogens is 1. The molecule has 2 heterocycles. The van der Waals surface area contributed by atoms with Gasteiger partial charge in [-0.05, 0) is 43.4 Å². The maximum absolute atomic E-state index is 14.1. The molecule has 0 amide bonds. The zero-order valence-electron chi connectivity index (χ0n) is 13.5. The van der Waals surface area contributed by atoms with Gasteiger partial charge in [0.05, 0.1) is 11.2 Å². The lowest BCUT2D eigenvalue weighted by atomic mass is 10.0. The van der Waals surface area contributed by atoms with Gasteiger partial charge in [0.2, 0.25) is 0 Å². The third-order valence-corrected chi connectivity index (χ3v) is 8.09. The van der Waals surface area contributed by atoms with Gasteiger partial charge in [-0.3, -0.25) is 4.98 Å². The Morgan fingerprint density at radius 1 is 1.18 bits per heavy atom. The zero-order chi connectivity index (χ0) is 15.9. The first-order valence-electron chi connectivity index (χ1n) is 8.11. The molecule has 1 aliphatic rings. The second-order valence-corrected chi connectivity index (χ2v) is 9.80. The molecule has 1 fully saturated rings. The van der Waals surface area contributed by atoms with Crippen molar-refractivity contribution in [3.05, 3.63) is 35.3 Å². The largest absolute Gasteiger partial charge is 0.319 e. The topological polar surface area (TPSA) is 30.0 Å². The van der Waals surface area contributed by atoms with Crippen LogP contribution >= 0.6 is 7.14 Å². The molecule has 22 heavy (non-hydrogen) atoms. The van der Waals surface area contributed by atoms with Crippen LogP contribution in [0.1, 0.15) is 50.3 Å². The normalized spacial score (nSPS) is 18.0. The molecule has 0 spiro atoms. The summed E-state index contributed by atoms with van der Waals surface area (Å²) in [6, 6.07) is 5.53. The molecule has 0 unspecified atom stereocenters. The number of aromatic nitrogens is 1. The summed E-state index contributed by atoms with van der Waals surface area (Å²) in [6.45, 7) is 5.89. The van der Waals surface area contributed by atoms with E-state index in [2.05, 4.69) is 18.8 Å². The Balaban J connectivity index is 2.35. The fourth-order valence-electron chi connectivity index (χ4n) is 3.49. The number of fused-ring (bicyclic) bond motifs is 1. The first-order chi connectivity index (χ1) is 10.4. The highest BCUT2D eigenvalue weighted by Crippen LogP contribution is 2.52. The number of hydrogen-bond donors (Lipinski definition) is 0. The number of aryl methyl sites for hydroxylation is 1. The molecule has 0 aliphatic carbocycles. The Kier molecular flexibility index (Phi) is 4.11. The quantitative estimate of drug-likeness (QED) is 0.731. The van der Waals surface area contributed by atoms with E-state index >= 15 is 0 Å². The highest BCUT2D eigenvalue weighted by atomic mass is 31.2. The highest BCUT2D eigenvalue weighted by molar-refractivity contribution is 7.72. The molecule has 1 saturated heterocycles. The fourth-order valence-corrected chi connectivity index (χ4v) is 7.05. The van der Waals surface area contributed by atoms with E-state index < -0.39 is 7.14 Å². The van der Waals surface area contributed by atoms with Gasteiger partial charge in [-0.25, -0.2) is 4.39 Å². The Morgan fingerprint density at radius 2 is 1.86 bits per heavy atom. The summed E-state index contributed by atoms with van der Waals surface area (Å²) >= 11 is 0. The number of nitrogens with zero attached hydrogens (tertiary/aromatic N) is 1. The summed E-state index contributed by atoms with van der Waals surface area (Å²) in [5, 5.41) is 1.67. The third-order valence-electron chi connectivity index (χ3n) is 4.70. The molecule has 3 rings (SSSR count). The van der Waals surface area contributed by atoms with Crippen LogP contribution < -0.4 is 5.30 Å². The Labute approximate surface area is 131 Å². The van der Waals surface area contributed by atoms with Crippen LogP contribution in [0, 0.1) is 12.7 Å². The first-order valence-corrected chi connectivity index (χ1v) is 10.2. The molecule has 0 N–H and O–H groups in total. The minimum Gasteiger partial charge on any atom is -0.319 e. The molecule has 2 aromatic rings. The van der Waals surface area contributed by atoms with Crippen molar-refractivity contribution in [3.8, 4) is 0 Å². The summed E-state index contributed by atoms with van der Waals surface area (Å²) in [6.07, 6.45) is 4.67. The predicted molar refractivity (Wildman–Crippen MR) is 91.4 cm³/mol. The van der Waals surface area contributed by atoms with Crippen LogP contribution in [0.3, 0.4) is 0 Å². The monoisotopic (exact) mass is 319 g/mol. The van der Waals surface area contributed by atoms with Crippen molar-refractivity contribution in [2.45, 2.75) is 46.0 Å². The lowest BCUT2D eigenvalue weighted by Crippen LogP contribution is -2.21. The lowest BCUT2D eigenvalue weighted by Gasteiger charge is -2.27. The van der Waals surface area contributed by atoms with E-state index in [-0.39, 0.29) is 11.7 Å². The van der Waals surface area contributed by atoms with Gasteiger partial charge >= 0.3 is 0 Å². The molecule has 0 atom stereocenters.